The number of hydrogen-bond acceptors (Lipinski definition) is 8. The Morgan fingerprint density at radius 2 is 1.50 bits per heavy atom. The van der Waals surface area contributed by atoms with E-state index in [2.05, 4.69) is 10.6 Å². The third-order valence-electron chi connectivity index (χ3n) is 9.12. The fourth-order valence-electron chi connectivity index (χ4n) is 6.18. The van der Waals surface area contributed by atoms with Crippen molar-refractivity contribution in [2.45, 2.75) is 55.4 Å². The van der Waals surface area contributed by atoms with E-state index in [9.17, 15) is 24.6 Å². The Balaban J connectivity index is 1.10. The van der Waals surface area contributed by atoms with E-state index in [0.29, 0.717) is 18.6 Å². The second kappa shape index (κ2) is 18.5. The monoisotopic (exact) mass is 746 g/mol. The summed E-state index contributed by atoms with van der Waals surface area (Å²) in [6, 6.07) is 38.6. The summed E-state index contributed by atoms with van der Waals surface area (Å²) in [7, 11) is 1.30. The van der Waals surface area contributed by atoms with Crippen LogP contribution in [0.15, 0.2) is 132 Å². The minimum atomic E-state index is -0.959. The van der Waals surface area contributed by atoms with Gasteiger partial charge in [-0.2, -0.15) is 0 Å². The van der Waals surface area contributed by atoms with Crippen LogP contribution in [0.1, 0.15) is 57.0 Å². The Morgan fingerprint density at radius 3 is 2.19 bits per heavy atom. The average Bonchev–Trinajstić information content (AvgIpc) is 3.22. The number of aromatic carboxylic acids is 1. The number of urea groups is 1. The smallest absolute Gasteiger partial charge is 0.335 e. The molecule has 5 aromatic rings. The summed E-state index contributed by atoms with van der Waals surface area (Å²) in [6.07, 6.45) is -0.0782. The molecule has 278 valence electrons. The van der Waals surface area contributed by atoms with Crippen molar-refractivity contribution in [3.63, 3.8) is 0 Å². The van der Waals surface area contributed by atoms with Gasteiger partial charge in [0, 0.05) is 35.6 Å². The number of rotatable bonds is 14. The van der Waals surface area contributed by atoms with Gasteiger partial charge >= 0.3 is 18.0 Å². The highest BCUT2D eigenvalue weighted by Gasteiger charge is 2.32. The van der Waals surface area contributed by atoms with Crippen molar-refractivity contribution in [2.75, 3.05) is 12.9 Å². The molecule has 0 aliphatic carbocycles. The van der Waals surface area contributed by atoms with Gasteiger partial charge in [0.1, 0.15) is 6.04 Å². The maximum absolute atomic E-state index is 12.8. The number of nitrogens with one attached hydrogen (secondary N) is 2. The van der Waals surface area contributed by atoms with Gasteiger partial charge < -0.3 is 35.1 Å². The van der Waals surface area contributed by atoms with Crippen molar-refractivity contribution >= 4 is 29.7 Å². The minimum Gasteiger partial charge on any atom is -0.478 e. The van der Waals surface area contributed by atoms with Crippen LogP contribution in [0.3, 0.4) is 0 Å². The van der Waals surface area contributed by atoms with Crippen LogP contribution in [0.25, 0.3) is 11.1 Å². The van der Waals surface area contributed by atoms with Crippen LogP contribution in [0.5, 0.6) is 0 Å². The predicted octanol–water partition coefficient (Wildman–Crippen LogP) is 7.47. The molecule has 1 heterocycles. The van der Waals surface area contributed by atoms with E-state index >= 15 is 0 Å². The number of carbonyl (C=O) groups is 3. The summed E-state index contributed by atoms with van der Waals surface area (Å²) < 4.78 is 17.9. The summed E-state index contributed by atoms with van der Waals surface area (Å²) in [5, 5.41) is 24.4. The second-order valence-electron chi connectivity index (χ2n) is 12.9. The lowest BCUT2D eigenvalue weighted by Crippen LogP contribution is -2.47. The lowest BCUT2D eigenvalue weighted by atomic mass is 9.99. The highest BCUT2D eigenvalue weighted by atomic mass is 32.2. The summed E-state index contributed by atoms with van der Waals surface area (Å²) >= 11 is 1.60. The van der Waals surface area contributed by atoms with E-state index < -0.39 is 30.3 Å². The van der Waals surface area contributed by atoms with E-state index in [4.69, 9.17) is 14.2 Å². The number of methoxy groups -OCH3 is 1. The first-order chi connectivity index (χ1) is 26.3. The summed E-state index contributed by atoms with van der Waals surface area (Å²) in [4.78, 5) is 37.4. The zero-order chi connectivity index (χ0) is 37.9. The first-order valence-electron chi connectivity index (χ1n) is 17.6. The molecule has 0 spiro atoms. The van der Waals surface area contributed by atoms with Crippen LogP contribution in [0.2, 0.25) is 0 Å². The molecule has 0 radical (unpaired) electrons. The SMILES string of the molecule is COC(=O)[C@H](Cc1ccccc1)NC(=O)NCc1cccc(-c2ccc([C@H]3O[C@@H](CSc4ccc(C(=O)O)cc4)C[C@@H](c4ccc(CO)cc4)O3)cc2)c1. The lowest BCUT2D eigenvalue weighted by Gasteiger charge is -2.36. The van der Waals surface area contributed by atoms with Gasteiger partial charge in [-0.3, -0.25) is 0 Å². The van der Waals surface area contributed by atoms with Gasteiger partial charge in [-0.1, -0.05) is 97.1 Å². The molecule has 4 atom stereocenters. The molecule has 0 saturated carbocycles. The Labute approximate surface area is 318 Å². The third kappa shape index (κ3) is 10.4. The molecule has 1 saturated heterocycles. The summed E-state index contributed by atoms with van der Waals surface area (Å²) in [5.41, 5.74) is 6.65. The zero-order valence-corrected chi connectivity index (χ0v) is 30.5. The second-order valence-corrected chi connectivity index (χ2v) is 14.0. The molecular weight excluding hydrogens is 705 g/mol. The first-order valence-corrected chi connectivity index (χ1v) is 18.6. The number of carboxylic acids is 1. The third-order valence-corrected chi connectivity index (χ3v) is 10.3. The van der Waals surface area contributed by atoms with Crippen molar-refractivity contribution in [1.29, 1.82) is 0 Å². The van der Waals surface area contributed by atoms with Crippen LogP contribution in [0, 0.1) is 0 Å². The van der Waals surface area contributed by atoms with Gasteiger partial charge in [-0.15, -0.1) is 11.8 Å². The van der Waals surface area contributed by atoms with Gasteiger partial charge in [0.05, 0.1) is 31.5 Å². The maximum Gasteiger partial charge on any atom is 0.335 e. The van der Waals surface area contributed by atoms with Gasteiger partial charge in [0.15, 0.2) is 6.29 Å². The Hall–Kier alpha value is -5.46. The normalized spacial score (nSPS) is 17.3. The Morgan fingerprint density at radius 1 is 0.796 bits per heavy atom. The standard InChI is InChI=1S/C43H42N2O8S/c1-51-41(49)38(23-28-6-3-2-4-7-28)45-43(50)44-25-30-8-5-9-35(22-30)31-14-16-34(17-15-31)42-52-36(27-54-37-20-18-33(19-21-37)40(47)48)24-39(53-42)32-12-10-29(26-46)11-13-32/h2-22,36,38-39,42,46H,23-27H2,1H3,(H,47,48)(H2,44,45,50)/t36-,38+,39+,42+/m1/s1. The van der Waals surface area contributed by atoms with E-state index in [-0.39, 0.29) is 30.9 Å². The van der Waals surface area contributed by atoms with Crippen molar-refractivity contribution in [1.82, 2.24) is 10.6 Å². The number of thioether (sulfide) groups is 1. The molecule has 0 bridgehead atoms. The topological polar surface area (TPSA) is 143 Å². The molecular formula is C43H42N2O8S. The highest BCUT2D eigenvalue weighted by Crippen LogP contribution is 2.40. The van der Waals surface area contributed by atoms with Crippen LogP contribution in [-0.2, 0) is 38.6 Å². The van der Waals surface area contributed by atoms with Crippen molar-refractivity contribution < 1.29 is 38.8 Å². The summed E-state index contributed by atoms with van der Waals surface area (Å²) in [6.45, 7) is 0.218. The van der Waals surface area contributed by atoms with E-state index in [1.165, 1.54) is 7.11 Å². The fourth-order valence-corrected chi connectivity index (χ4v) is 7.10. The van der Waals surface area contributed by atoms with E-state index in [1.54, 1.807) is 23.9 Å². The van der Waals surface area contributed by atoms with E-state index in [0.717, 1.165) is 43.8 Å². The van der Waals surface area contributed by atoms with E-state index in [1.807, 2.05) is 115 Å². The molecule has 0 unspecified atom stereocenters. The van der Waals surface area contributed by atoms with Gasteiger partial charge in [-0.05, 0) is 63.7 Å². The molecule has 1 fully saturated rings. The van der Waals surface area contributed by atoms with Gasteiger partial charge in [-0.25, -0.2) is 14.4 Å². The number of hydrogen-bond donors (Lipinski definition) is 4. The molecule has 6 rings (SSSR count). The fraction of sp³-hybridized carbons (Fsp3) is 0.233. The Kier molecular flexibility index (Phi) is 13.1. The number of esters is 1. The average molecular weight is 747 g/mol. The number of ether oxygens (including phenoxy) is 3. The van der Waals surface area contributed by atoms with Crippen LogP contribution in [-0.4, -0.2) is 53.2 Å². The molecule has 11 heteroatoms. The minimum absolute atomic E-state index is 0.0365. The van der Waals surface area contributed by atoms with Crippen molar-refractivity contribution in [2.24, 2.45) is 0 Å². The number of carboxylic acid groups (broad SMARTS) is 1. The quantitative estimate of drug-likeness (QED) is 0.0673. The van der Waals surface area contributed by atoms with Crippen LogP contribution in [0.4, 0.5) is 4.79 Å². The largest absolute Gasteiger partial charge is 0.478 e. The number of aliphatic hydroxyl groups is 1. The molecule has 0 aromatic heterocycles. The van der Waals surface area contributed by atoms with Crippen LogP contribution >= 0.6 is 11.8 Å². The lowest BCUT2D eigenvalue weighted by molar-refractivity contribution is -0.245. The molecule has 2 amide bonds. The summed E-state index contributed by atoms with van der Waals surface area (Å²) in [5.74, 6) is -0.834. The van der Waals surface area contributed by atoms with Gasteiger partial charge in [0.25, 0.3) is 0 Å². The number of carbonyl (C=O) groups excluding carboxylic acids is 2. The molecule has 54 heavy (non-hydrogen) atoms. The maximum atomic E-state index is 12.8. The number of benzene rings is 5. The van der Waals surface area contributed by atoms with Crippen molar-refractivity contribution in [3.05, 3.63) is 161 Å². The zero-order valence-electron chi connectivity index (χ0n) is 29.7. The van der Waals surface area contributed by atoms with Gasteiger partial charge in [0.2, 0.25) is 0 Å². The molecule has 4 N–H and O–H groups in total. The number of aliphatic hydroxyl groups excluding tert-OH is 1. The molecule has 1 aliphatic rings. The predicted molar refractivity (Wildman–Crippen MR) is 206 cm³/mol. The van der Waals surface area contributed by atoms with Crippen LogP contribution < -0.4 is 10.6 Å². The molecule has 10 nitrogen and oxygen atoms in total. The Bertz CT molecular complexity index is 2010. The first kappa shape index (κ1) is 38.3. The number of amides is 2. The molecule has 1 aliphatic heterocycles. The van der Waals surface area contributed by atoms with Crippen molar-refractivity contribution in [3.8, 4) is 11.1 Å². The molecule has 5 aromatic carbocycles. The highest BCUT2D eigenvalue weighted by molar-refractivity contribution is 7.99.